The van der Waals surface area contributed by atoms with Gasteiger partial charge in [0.15, 0.2) is 22.8 Å². The number of hydrogen-bond donors (Lipinski definition) is 10. The minimum Gasteiger partial charge on any atom is -0.393 e. The highest BCUT2D eigenvalue weighted by Crippen LogP contribution is 2.61. The molecule has 0 spiro atoms. The van der Waals surface area contributed by atoms with Crippen LogP contribution in [0, 0.1) is 5.41 Å². The number of aliphatic hydroxyl groups excluding tert-OH is 3. The number of aromatic nitrogens is 4. The summed E-state index contributed by atoms with van der Waals surface area (Å²) in [5, 5.41) is 36.6. The van der Waals surface area contributed by atoms with Crippen LogP contribution in [-0.2, 0) is 50.7 Å². The molecule has 1 aliphatic heterocycles. The molecule has 25 nitrogen and oxygen atoms in total. The van der Waals surface area contributed by atoms with E-state index in [2.05, 4.69) is 90.0 Å². The Balaban J connectivity index is 1.29. The van der Waals surface area contributed by atoms with Gasteiger partial charge in [0.2, 0.25) is 11.8 Å². The third-order valence-electron chi connectivity index (χ3n) is 10.5. The smallest absolute Gasteiger partial charge is 0.393 e. The molecular weight excluding hydrogens is 1030 g/mol. The molecule has 3 heterocycles. The summed E-state index contributed by atoms with van der Waals surface area (Å²) in [6, 6.07) is 0. The second-order valence-electron chi connectivity index (χ2n) is 17.2. The fourth-order valence-electron chi connectivity index (χ4n) is 6.68. The van der Waals surface area contributed by atoms with Gasteiger partial charge in [-0.15, -0.1) is 0 Å². The van der Waals surface area contributed by atoms with E-state index in [1.54, 1.807) is 0 Å². The van der Waals surface area contributed by atoms with Crippen LogP contribution in [-0.4, -0.2) is 134 Å². The summed E-state index contributed by atoms with van der Waals surface area (Å²) in [7, 11) is -16.5. The number of thioether (sulfide) groups is 1. The van der Waals surface area contributed by atoms with E-state index >= 15 is 0 Å². The van der Waals surface area contributed by atoms with Crippen molar-refractivity contribution in [3.05, 3.63) is 61.3 Å². The van der Waals surface area contributed by atoms with Gasteiger partial charge in [0.25, 0.3) is 0 Å². The first kappa shape index (κ1) is 62.8. The van der Waals surface area contributed by atoms with Gasteiger partial charge in [-0.05, 0) is 51.4 Å². The van der Waals surface area contributed by atoms with E-state index in [0.29, 0.717) is 6.42 Å². The third kappa shape index (κ3) is 23.8. The van der Waals surface area contributed by atoms with E-state index in [1.165, 1.54) is 33.1 Å². The number of nitrogens with one attached hydrogen (secondary N) is 2. The number of phosphoric ester groups is 3. The fourth-order valence-corrected chi connectivity index (χ4v) is 10.3. The molecule has 3 rings (SSSR count). The average molecular weight is 1100 g/mol. The molecule has 11 N–H and O–H groups in total. The lowest BCUT2D eigenvalue weighted by molar-refractivity contribution is -0.137. The van der Waals surface area contributed by atoms with Gasteiger partial charge in [0.1, 0.15) is 36.3 Å². The lowest BCUT2D eigenvalue weighted by atomic mass is 9.87. The first-order valence-electron chi connectivity index (χ1n) is 23.3. The number of nitrogens with zero attached hydrogens (tertiary/aromatic N) is 4. The molecule has 2 unspecified atom stereocenters. The summed E-state index contributed by atoms with van der Waals surface area (Å²) >= 11 is 0.974. The summed E-state index contributed by atoms with van der Waals surface area (Å²) in [5.41, 5.74) is 4.24. The van der Waals surface area contributed by atoms with Crippen molar-refractivity contribution in [3.63, 3.8) is 0 Å². The first-order chi connectivity index (χ1) is 33.9. The number of unbranched alkanes of at least 4 members (excludes halogenated alkanes) is 4. The summed E-state index contributed by atoms with van der Waals surface area (Å²) in [6.45, 7) is 2.55. The molecule has 2 aromatic rings. The van der Waals surface area contributed by atoms with Crippen molar-refractivity contribution in [2.45, 2.75) is 135 Å². The quantitative estimate of drug-likeness (QED) is 0.0257. The topological polar surface area (TPSA) is 384 Å². The monoisotopic (exact) mass is 1100 g/mol. The lowest BCUT2D eigenvalue weighted by Crippen LogP contribution is -2.46. The van der Waals surface area contributed by atoms with Crippen LogP contribution in [0.15, 0.2) is 61.3 Å². The van der Waals surface area contributed by atoms with Crippen molar-refractivity contribution >= 4 is 69.1 Å². The van der Waals surface area contributed by atoms with Gasteiger partial charge in [0, 0.05) is 37.1 Å². The Bertz CT molecular complexity index is 2300. The van der Waals surface area contributed by atoms with Crippen molar-refractivity contribution < 1.29 is 85.6 Å². The number of rotatable bonds is 35. The standard InChI is InChI=1S/C43H70N7O18P3S/c1-4-5-6-7-8-9-10-11-12-13-14-15-16-17-18-19-20-21-31(51)26-34(53)72-25-24-45-33(52)22-23-46-41(56)38(55)43(2,3)28-65-71(62,63)68-70(60,61)64-27-32-37(67-69(57,58)59)36(54)42(66-32)50-30-49-35-39(44)47-29-48-40(35)50/h8-9,11-12,14-15,17-18,29-32,36-38,42,51,54-55H,4-7,10,13,16,19-28H2,1-3H3,(H,45,52)(H,46,56)(H,60,61)(H,62,63)(H2,44,47,48)(H2,57,58,59)/b9-8-,12-11-,15-14-,18-17-/t31-,32+,36+,37+,38-,42+/m0/s1. The molecule has 406 valence electrons. The normalized spacial score (nSPS) is 20.4. The molecule has 0 saturated carbocycles. The summed E-state index contributed by atoms with van der Waals surface area (Å²) in [5.74, 6) is -1.26. The number of carbonyl (C=O) groups excluding carboxylic acids is 3. The largest absolute Gasteiger partial charge is 0.481 e. The molecule has 1 fully saturated rings. The third-order valence-corrected chi connectivity index (χ3v) is 14.5. The number of ether oxygens (including phenoxy) is 1. The van der Waals surface area contributed by atoms with Gasteiger partial charge in [-0.3, -0.25) is 32.5 Å². The summed E-state index contributed by atoms with van der Waals surface area (Å²) < 4.78 is 62.4. The zero-order valence-corrected chi connectivity index (χ0v) is 44.0. The highest BCUT2D eigenvalue weighted by molar-refractivity contribution is 8.13. The number of carbonyl (C=O) groups is 3. The Morgan fingerprint density at radius 3 is 2.15 bits per heavy atom. The van der Waals surface area contributed by atoms with Gasteiger partial charge in [-0.1, -0.05) is 94.0 Å². The van der Waals surface area contributed by atoms with E-state index in [4.69, 9.17) is 19.5 Å². The number of phosphoric acid groups is 3. The average Bonchev–Trinajstić information content (AvgIpc) is 3.86. The lowest BCUT2D eigenvalue weighted by Gasteiger charge is -2.30. The number of nitrogens with two attached hydrogens (primary N) is 1. The van der Waals surface area contributed by atoms with Crippen LogP contribution in [0.1, 0.15) is 104 Å². The SMILES string of the molecule is CCCCC/C=C\C/C=C\C/C=C\C/C=C\CCC[C@H](O)CC(=O)SCCNC(=O)CCNC(=O)[C@H](O)C(C)(C)COP(=O)(O)OP(=O)(O)OC[C@H]1O[C@@H](n2cnc3c(N)ncnc32)[C@H](O)[C@@H]1OP(=O)(O)O. The molecule has 2 amide bonds. The van der Waals surface area contributed by atoms with Crippen LogP contribution < -0.4 is 16.4 Å². The van der Waals surface area contributed by atoms with Crippen LogP contribution in [0.2, 0.25) is 0 Å². The number of aliphatic hydroxyl groups is 3. The minimum absolute atomic E-state index is 0.0187. The molecule has 0 bridgehead atoms. The van der Waals surface area contributed by atoms with Crippen molar-refractivity contribution in [3.8, 4) is 0 Å². The first-order valence-corrected chi connectivity index (χ1v) is 28.8. The fraction of sp³-hybridized carbons (Fsp3) is 0.628. The number of nitrogen functional groups attached to an aromatic ring is 1. The molecule has 0 aliphatic carbocycles. The van der Waals surface area contributed by atoms with Crippen molar-refractivity contribution in [1.82, 2.24) is 30.2 Å². The number of hydrogen-bond acceptors (Lipinski definition) is 19. The van der Waals surface area contributed by atoms with Crippen LogP contribution in [0.3, 0.4) is 0 Å². The predicted molar refractivity (Wildman–Crippen MR) is 266 cm³/mol. The number of allylic oxidation sites excluding steroid dienone is 8. The molecule has 1 saturated heterocycles. The molecule has 29 heteroatoms. The van der Waals surface area contributed by atoms with Crippen molar-refractivity contribution in [2.24, 2.45) is 5.41 Å². The van der Waals surface area contributed by atoms with E-state index < -0.39 is 90.7 Å². The second kappa shape index (κ2) is 31.4. The van der Waals surface area contributed by atoms with E-state index in [9.17, 15) is 63.0 Å². The van der Waals surface area contributed by atoms with E-state index in [0.717, 1.165) is 67.5 Å². The van der Waals surface area contributed by atoms with Crippen LogP contribution >= 0.6 is 35.2 Å². The minimum atomic E-state index is -5.59. The van der Waals surface area contributed by atoms with Crippen LogP contribution in [0.25, 0.3) is 11.2 Å². The van der Waals surface area contributed by atoms with Crippen molar-refractivity contribution in [1.29, 1.82) is 0 Å². The molecule has 0 radical (unpaired) electrons. The molecule has 1 aliphatic rings. The van der Waals surface area contributed by atoms with E-state index in [1.807, 2.05) is 0 Å². The maximum atomic E-state index is 12.8. The van der Waals surface area contributed by atoms with Gasteiger partial charge in [-0.2, -0.15) is 4.31 Å². The number of fused-ring (bicyclic) bond motifs is 1. The van der Waals surface area contributed by atoms with Gasteiger partial charge >= 0.3 is 23.5 Å². The zero-order valence-electron chi connectivity index (χ0n) is 40.5. The second-order valence-corrected chi connectivity index (χ2v) is 22.6. The van der Waals surface area contributed by atoms with Crippen LogP contribution in [0.5, 0.6) is 0 Å². The zero-order chi connectivity index (χ0) is 53.4. The van der Waals surface area contributed by atoms with Gasteiger partial charge < -0.3 is 56.0 Å². The number of anilines is 1. The number of imidazole rings is 1. The van der Waals surface area contributed by atoms with Crippen LogP contribution in [0.4, 0.5) is 5.82 Å². The molecule has 8 atom stereocenters. The summed E-state index contributed by atoms with van der Waals surface area (Å²) in [4.78, 5) is 88.5. The maximum absolute atomic E-state index is 12.8. The Morgan fingerprint density at radius 1 is 0.889 bits per heavy atom. The molecule has 72 heavy (non-hydrogen) atoms. The van der Waals surface area contributed by atoms with E-state index in [-0.39, 0.29) is 53.8 Å². The Hall–Kier alpha value is -3.52. The Labute approximate surface area is 422 Å². The Morgan fingerprint density at radius 2 is 1.51 bits per heavy atom. The predicted octanol–water partition coefficient (Wildman–Crippen LogP) is 4.56. The highest BCUT2D eigenvalue weighted by Gasteiger charge is 2.50. The van der Waals surface area contributed by atoms with Gasteiger partial charge in [0.05, 0.1) is 25.6 Å². The summed E-state index contributed by atoms with van der Waals surface area (Å²) in [6.07, 6.45) is 18.9. The Kier molecular flexibility index (Phi) is 27.4. The highest BCUT2D eigenvalue weighted by atomic mass is 32.2. The number of amides is 2. The molecule has 0 aromatic carbocycles. The van der Waals surface area contributed by atoms with Gasteiger partial charge in [-0.25, -0.2) is 28.6 Å². The molecule has 2 aromatic heterocycles. The van der Waals surface area contributed by atoms with Crippen molar-refractivity contribution in [2.75, 3.05) is 37.8 Å². The molecular formula is C43H70N7O18P3S. The maximum Gasteiger partial charge on any atom is 0.481 e.